The molecule has 0 saturated carbocycles. The minimum absolute atomic E-state index is 0.623. The number of rotatable bonds is 6. The van der Waals surface area contributed by atoms with Crippen molar-refractivity contribution >= 4 is 43.7 Å². The van der Waals surface area contributed by atoms with Gasteiger partial charge in [0.05, 0.1) is 11.0 Å². The van der Waals surface area contributed by atoms with Gasteiger partial charge < -0.3 is 8.98 Å². The van der Waals surface area contributed by atoms with E-state index in [0.717, 1.165) is 55.4 Å². The molecule has 3 aromatic heterocycles. The summed E-state index contributed by atoms with van der Waals surface area (Å²) in [5.74, 6) is 1.90. The number of fused-ring (bicyclic) bond motifs is 6. The van der Waals surface area contributed by atoms with Gasteiger partial charge in [-0.3, -0.25) is 0 Å². The van der Waals surface area contributed by atoms with E-state index in [1.54, 1.807) is 0 Å². The van der Waals surface area contributed by atoms with Gasteiger partial charge in [0.1, 0.15) is 11.2 Å². The van der Waals surface area contributed by atoms with Crippen molar-refractivity contribution in [3.05, 3.63) is 194 Å². The summed E-state index contributed by atoms with van der Waals surface area (Å²) in [6.07, 6.45) is 0. The number of benzene rings is 8. The van der Waals surface area contributed by atoms with Gasteiger partial charge in [-0.05, 0) is 70.8 Å². The highest BCUT2D eigenvalue weighted by molar-refractivity contribution is 6.11. The molecule has 56 heavy (non-hydrogen) atoms. The molecule has 8 aromatic carbocycles. The zero-order valence-corrected chi connectivity index (χ0v) is 30.2. The van der Waals surface area contributed by atoms with E-state index < -0.39 is 0 Å². The number of para-hydroxylation sites is 1. The molecule has 0 fully saturated rings. The second-order valence-electron chi connectivity index (χ2n) is 14.1. The van der Waals surface area contributed by atoms with Crippen molar-refractivity contribution in [3.8, 4) is 62.1 Å². The summed E-state index contributed by atoms with van der Waals surface area (Å²) in [5, 5.41) is 4.62. The van der Waals surface area contributed by atoms with Gasteiger partial charge in [-0.25, -0.2) is 15.0 Å². The minimum atomic E-state index is 0.623. The van der Waals surface area contributed by atoms with E-state index in [9.17, 15) is 0 Å². The molecule has 0 aliphatic heterocycles. The smallest absolute Gasteiger partial charge is 0.164 e. The lowest BCUT2D eigenvalue weighted by Gasteiger charge is -2.10. The Morgan fingerprint density at radius 3 is 1.55 bits per heavy atom. The molecule has 0 unspecified atom stereocenters. The Bertz CT molecular complexity index is 3180. The molecule has 3 heterocycles. The fraction of sp³-hybridized carbons (Fsp3) is 0. The number of nitrogens with zero attached hydrogens (tertiary/aromatic N) is 4. The summed E-state index contributed by atoms with van der Waals surface area (Å²) in [4.78, 5) is 14.8. The molecule has 262 valence electrons. The Morgan fingerprint density at radius 1 is 0.304 bits per heavy atom. The predicted molar refractivity (Wildman–Crippen MR) is 229 cm³/mol. The topological polar surface area (TPSA) is 56.7 Å². The van der Waals surface area contributed by atoms with Gasteiger partial charge in [-0.1, -0.05) is 146 Å². The van der Waals surface area contributed by atoms with Gasteiger partial charge in [-0.15, -0.1) is 0 Å². The molecule has 0 bridgehead atoms. The quantitative estimate of drug-likeness (QED) is 0.172. The first-order valence-corrected chi connectivity index (χ1v) is 18.8. The van der Waals surface area contributed by atoms with Crippen molar-refractivity contribution in [2.75, 3.05) is 0 Å². The SMILES string of the molecule is c1ccc(-c2ccc3c4ccccc4n(-c4ccc5oc6cc(-c7cccc(-c8nc(-c9ccccc9)nc(-c9ccccc9)n8)c7)ccc6c5c4)c3c2)cc1. The highest BCUT2D eigenvalue weighted by atomic mass is 16.3. The van der Waals surface area contributed by atoms with E-state index in [1.807, 2.05) is 60.7 Å². The van der Waals surface area contributed by atoms with Crippen LogP contribution < -0.4 is 0 Å². The summed E-state index contributed by atoms with van der Waals surface area (Å²) < 4.78 is 8.92. The maximum Gasteiger partial charge on any atom is 0.164 e. The summed E-state index contributed by atoms with van der Waals surface area (Å²) >= 11 is 0. The van der Waals surface area contributed by atoms with E-state index >= 15 is 0 Å². The summed E-state index contributed by atoms with van der Waals surface area (Å²) in [6.45, 7) is 0. The lowest BCUT2D eigenvalue weighted by molar-refractivity contribution is 0.669. The first-order chi connectivity index (χ1) is 27.7. The molecule has 0 aliphatic carbocycles. The Balaban J connectivity index is 0.999. The molecule has 5 heteroatoms. The van der Waals surface area contributed by atoms with Gasteiger partial charge >= 0.3 is 0 Å². The van der Waals surface area contributed by atoms with E-state index in [-0.39, 0.29) is 0 Å². The van der Waals surface area contributed by atoms with E-state index in [2.05, 4.69) is 138 Å². The first-order valence-electron chi connectivity index (χ1n) is 18.8. The normalized spacial score (nSPS) is 11.6. The lowest BCUT2D eigenvalue weighted by atomic mass is 10.0. The highest BCUT2D eigenvalue weighted by Gasteiger charge is 2.17. The van der Waals surface area contributed by atoms with Crippen LogP contribution in [0.5, 0.6) is 0 Å². The van der Waals surface area contributed by atoms with Gasteiger partial charge in [0.15, 0.2) is 17.5 Å². The second kappa shape index (κ2) is 13.0. The molecule has 0 N–H and O–H groups in total. The van der Waals surface area contributed by atoms with Gasteiger partial charge in [0.2, 0.25) is 0 Å². The van der Waals surface area contributed by atoms with Crippen molar-refractivity contribution in [1.29, 1.82) is 0 Å². The molecule has 11 rings (SSSR count). The van der Waals surface area contributed by atoms with Gasteiger partial charge in [0, 0.05) is 43.9 Å². The number of hydrogen-bond acceptors (Lipinski definition) is 4. The van der Waals surface area contributed by atoms with Crippen LogP contribution in [0.1, 0.15) is 0 Å². The van der Waals surface area contributed by atoms with Crippen molar-refractivity contribution < 1.29 is 4.42 Å². The van der Waals surface area contributed by atoms with E-state index in [1.165, 1.54) is 32.9 Å². The largest absolute Gasteiger partial charge is 0.456 e. The van der Waals surface area contributed by atoms with Crippen LogP contribution in [0.4, 0.5) is 0 Å². The molecule has 5 nitrogen and oxygen atoms in total. The van der Waals surface area contributed by atoms with Gasteiger partial charge in [0.25, 0.3) is 0 Å². The van der Waals surface area contributed by atoms with Gasteiger partial charge in [-0.2, -0.15) is 0 Å². The maximum absolute atomic E-state index is 6.54. The Hall–Kier alpha value is -7.63. The fourth-order valence-corrected chi connectivity index (χ4v) is 7.92. The predicted octanol–water partition coefficient (Wildman–Crippen LogP) is 13.2. The molecule has 0 saturated heterocycles. The molecule has 0 aliphatic rings. The first kappa shape index (κ1) is 31.9. The highest BCUT2D eigenvalue weighted by Crippen LogP contribution is 2.38. The van der Waals surface area contributed by atoms with E-state index in [4.69, 9.17) is 19.4 Å². The van der Waals surface area contributed by atoms with Crippen LogP contribution >= 0.6 is 0 Å². The third-order valence-electron chi connectivity index (χ3n) is 10.6. The number of furan rings is 1. The zero-order chi connectivity index (χ0) is 37.0. The average molecular weight is 717 g/mol. The van der Waals surface area contributed by atoms with Crippen LogP contribution in [0.2, 0.25) is 0 Å². The summed E-state index contributed by atoms with van der Waals surface area (Å²) in [7, 11) is 0. The van der Waals surface area contributed by atoms with Crippen LogP contribution in [0.3, 0.4) is 0 Å². The molecule has 0 atom stereocenters. The second-order valence-corrected chi connectivity index (χ2v) is 14.1. The molecule has 0 radical (unpaired) electrons. The lowest BCUT2D eigenvalue weighted by Crippen LogP contribution is -2.00. The van der Waals surface area contributed by atoms with Crippen LogP contribution in [0, 0.1) is 0 Å². The monoisotopic (exact) mass is 716 g/mol. The van der Waals surface area contributed by atoms with Crippen molar-refractivity contribution in [2.24, 2.45) is 0 Å². The third kappa shape index (κ3) is 5.45. The van der Waals surface area contributed by atoms with Crippen molar-refractivity contribution in [1.82, 2.24) is 19.5 Å². The fourth-order valence-electron chi connectivity index (χ4n) is 7.92. The average Bonchev–Trinajstić information content (AvgIpc) is 3.81. The number of hydrogen-bond donors (Lipinski definition) is 0. The van der Waals surface area contributed by atoms with Crippen LogP contribution in [-0.2, 0) is 0 Å². The van der Waals surface area contributed by atoms with E-state index in [0.29, 0.717) is 17.5 Å². The summed E-state index contributed by atoms with van der Waals surface area (Å²) in [5.41, 5.74) is 12.4. The zero-order valence-electron chi connectivity index (χ0n) is 30.2. The van der Waals surface area contributed by atoms with Crippen molar-refractivity contribution in [3.63, 3.8) is 0 Å². The van der Waals surface area contributed by atoms with Crippen LogP contribution in [0.15, 0.2) is 199 Å². The minimum Gasteiger partial charge on any atom is -0.456 e. The Labute approximate surface area is 322 Å². The Kier molecular flexibility index (Phi) is 7.42. The molecule has 0 spiro atoms. The maximum atomic E-state index is 6.54. The molecule has 0 amide bonds. The van der Waals surface area contributed by atoms with Crippen LogP contribution in [-0.4, -0.2) is 19.5 Å². The standard InChI is InChI=1S/C51H32N4O/c1-4-13-33(14-5-1)37-23-26-42-41-21-10-11-22-45(41)55(46(42)30-37)40-25-28-47-44(32-40)43-27-24-38(31-48(43)56-47)36-19-12-20-39(29-36)51-53-49(34-15-6-2-7-16-34)52-50(54-51)35-17-8-3-9-18-35/h1-32H. The molecule has 11 aromatic rings. The molecular formula is C51H32N4O. The number of aromatic nitrogens is 4. The third-order valence-corrected chi connectivity index (χ3v) is 10.6. The Morgan fingerprint density at radius 2 is 0.839 bits per heavy atom. The van der Waals surface area contributed by atoms with Crippen molar-refractivity contribution in [2.45, 2.75) is 0 Å². The van der Waals surface area contributed by atoms with Crippen LogP contribution in [0.25, 0.3) is 106 Å². The summed E-state index contributed by atoms with van der Waals surface area (Å²) in [6, 6.07) is 67.5. The molecular weight excluding hydrogens is 685 g/mol.